The average molecular weight is 450 g/mol. The Kier molecular flexibility index (Phi) is 6.79. The number of nitrogens with one attached hydrogen (secondary N) is 2. The van der Waals surface area contributed by atoms with Crippen molar-refractivity contribution in [3.05, 3.63) is 76.4 Å². The molecule has 0 aliphatic heterocycles. The molecular weight excluding hydrogens is 426 g/mol. The zero-order chi connectivity index (χ0) is 21.6. The number of aryl methyl sites for hydroxylation is 2. The fourth-order valence-electron chi connectivity index (χ4n) is 3.17. The van der Waals surface area contributed by atoms with E-state index in [1.54, 1.807) is 11.8 Å². The van der Waals surface area contributed by atoms with Crippen molar-refractivity contribution in [3.63, 3.8) is 0 Å². The second kappa shape index (κ2) is 9.89. The molecule has 0 bridgehead atoms. The van der Waals surface area contributed by atoms with Crippen molar-refractivity contribution in [1.82, 2.24) is 20.2 Å². The van der Waals surface area contributed by atoms with Crippen molar-refractivity contribution >= 4 is 34.1 Å². The van der Waals surface area contributed by atoms with Gasteiger partial charge in [0.25, 0.3) is 5.91 Å². The van der Waals surface area contributed by atoms with E-state index in [1.165, 1.54) is 23.2 Å². The molecule has 4 aromatic rings. The first-order valence-corrected chi connectivity index (χ1v) is 11.9. The number of rotatable bonds is 8. The maximum atomic E-state index is 12.7. The summed E-state index contributed by atoms with van der Waals surface area (Å²) in [7, 11) is 0. The van der Waals surface area contributed by atoms with E-state index < -0.39 is 0 Å². The Balaban J connectivity index is 1.39. The third-order valence-corrected chi connectivity index (χ3v) is 6.60. The number of aromatic amines is 1. The van der Waals surface area contributed by atoms with Gasteiger partial charge in [-0.3, -0.25) is 15.2 Å². The summed E-state index contributed by atoms with van der Waals surface area (Å²) in [6, 6.07) is 16.1. The van der Waals surface area contributed by atoms with E-state index in [9.17, 15) is 4.79 Å². The maximum Gasteiger partial charge on any atom is 0.257 e. The number of carbonyl (C=O) groups excluding carboxylic acids is 1. The van der Waals surface area contributed by atoms with Crippen LogP contribution in [0.25, 0.3) is 11.3 Å². The van der Waals surface area contributed by atoms with Crippen molar-refractivity contribution in [2.24, 2.45) is 0 Å². The van der Waals surface area contributed by atoms with E-state index in [0.717, 1.165) is 45.4 Å². The van der Waals surface area contributed by atoms with Gasteiger partial charge in [0.15, 0.2) is 10.3 Å². The van der Waals surface area contributed by atoms with Crippen molar-refractivity contribution in [1.29, 1.82) is 0 Å². The molecule has 2 heterocycles. The Labute approximate surface area is 189 Å². The number of aromatic nitrogens is 4. The number of amides is 1. The number of H-pyrrole nitrogens is 1. The van der Waals surface area contributed by atoms with Gasteiger partial charge in [-0.05, 0) is 36.6 Å². The highest BCUT2D eigenvalue weighted by Gasteiger charge is 2.13. The second-order valence-electron chi connectivity index (χ2n) is 7.10. The molecule has 0 fully saturated rings. The molecule has 158 valence electrons. The van der Waals surface area contributed by atoms with Crippen LogP contribution < -0.4 is 5.32 Å². The summed E-state index contributed by atoms with van der Waals surface area (Å²) in [5.41, 5.74) is 5.03. The van der Waals surface area contributed by atoms with Gasteiger partial charge in [-0.1, -0.05) is 61.5 Å². The first-order chi connectivity index (χ1) is 15.1. The lowest BCUT2D eigenvalue weighted by Crippen LogP contribution is -2.11. The summed E-state index contributed by atoms with van der Waals surface area (Å²) >= 11 is 3.06. The molecule has 2 N–H and O–H groups in total. The molecule has 6 nitrogen and oxygen atoms in total. The van der Waals surface area contributed by atoms with Crippen LogP contribution in [0.1, 0.15) is 39.7 Å². The molecular formula is C23H23N5OS2. The van der Waals surface area contributed by atoms with Crippen LogP contribution in [0.4, 0.5) is 5.13 Å². The van der Waals surface area contributed by atoms with E-state index in [0.29, 0.717) is 10.7 Å². The molecule has 2 aromatic carbocycles. The van der Waals surface area contributed by atoms with Crippen LogP contribution in [0.15, 0.2) is 60.0 Å². The molecule has 1 amide bonds. The Morgan fingerprint density at radius 2 is 1.84 bits per heavy atom. The van der Waals surface area contributed by atoms with Crippen LogP contribution in [-0.2, 0) is 12.2 Å². The summed E-state index contributed by atoms with van der Waals surface area (Å²) in [5, 5.41) is 11.0. The summed E-state index contributed by atoms with van der Waals surface area (Å²) in [4.78, 5) is 22.5. The molecule has 8 heteroatoms. The van der Waals surface area contributed by atoms with Gasteiger partial charge in [-0.2, -0.15) is 5.10 Å². The number of thiazole rings is 1. The van der Waals surface area contributed by atoms with Gasteiger partial charge in [-0.25, -0.2) is 9.97 Å². The fraction of sp³-hybridized carbons (Fsp3) is 0.217. The zero-order valence-electron chi connectivity index (χ0n) is 17.4. The zero-order valence-corrected chi connectivity index (χ0v) is 19.0. The first kappa shape index (κ1) is 21.3. The van der Waals surface area contributed by atoms with Crippen LogP contribution in [-0.4, -0.2) is 26.1 Å². The Morgan fingerprint density at radius 1 is 1.10 bits per heavy atom. The van der Waals surface area contributed by atoms with Crippen LogP contribution in [0.3, 0.4) is 0 Å². The highest BCUT2D eigenvalue weighted by molar-refractivity contribution is 7.98. The average Bonchev–Trinajstić information content (AvgIpc) is 3.43. The third kappa shape index (κ3) is 5.39. The number of nitrogens with zero attached hydrogens (tertiary/aromatic N) is 3. The topological polar surface area (TPSA) is 83.6 Å². The largest absolute Gasteiger partial charge is 0.298 e. The maximum absolute atomic E-state index is 12.7. The Bertz CT molecular complexity index is 1140. The van der Waals surface area contributed by atoms with Gasteiger partial charge in [0, 0.05) is 21.8 Å². The van der Waals surface area contributed by atoms with Crippen molar-refractivity contribution in [2.75, 3.05) is 5.32 Å². The number of carbonyl (C=O) groups is 1. The Hall–Kier alpha value is -2.97. The van der Waals surface area contributed by atoms with Crippen molar-refractivity contribution in [3.8, 4) is 11.3 Å². The number of benzene rings is 2. The number of thioether (sulfide) groups is 1. The number of anilines is 1. The lowest BCUT2D eigenvalue weighted by atomic mass is 10.1. The lowest BCUT2D eigenvalue weighted by molar-refractivity contribution is 0.102. The number of hydrogen-bond acceptors (Lipinski definition) is 6. The van der Waals surface area contributed by atoms with Crippen LogP contribution in [0, 0.1) is 6.92 Å². The molecule has 0 saturated carbocycles. The minimum atomic E-state index is -0.159. The molecule has 2 aromatic heterocycles. The molecule has 0 unspecified atom stereocenters. The van der Waals surface area contributed by atoms with E-state index in [2.05, 4.69) is 56.7 Å². The molecule has 0 spiro atoms. The molecule has 0 radical (unpaired) electrons. The summed E-state index contributed by atoms with van der Waals surface area (Å²) in [6.45, 7) is 4.21. The van der Waals surface area contributed by atoms with Gasteiger partial charge in [0.05, 0.1) is 5.69 Å². The smallest absolute Gasteiger partial charge is 0.257 e. The molecule has 31 heavy (non-hydrogen) atoms. The van der Waals surface area contributed by atoms with Crippen molar-refractivity contribution < 1.29 is 4.79 Å². The predicted molar refractivity (Wildman–Crippen MR) is 127 cm³/mol. The van der Waals surface area contributed by atoms with Gasteiger partial charge < -0.3 is 0 Å². The minimum Gasteiger partial charge on any atom is -0.298 e. The van der Waals surface area contributed by atoms with E-state index >= 15 is 0 Å². The lowest BCUT2D eigenvalue weighted by Gasteiger charge is -2.04. The summed E-state index contributed by atoms with van der Waals surface area (Å²) in [6.07, 6.45) is 3.70. The highest BCUT2D eigenvalue weighted by Crippen LogP contribution is 2.31. The summed E-state index contributed by atoms with van der Waals surface area (Å²) in [5.74, 6) is 0.594. The van der Waals surface area contributed by atoms with Crippen LogP contribution in [0.5, 0.6) is 0 Å². The van der Waals surface area contributed by atoms with Crippen molar-refractivity contribution in [2.45, 2.75) is 37.6 Å². The monoisotopic (exact) mass is 449 g/mol. The SMILES string of the molecule is CCCc1ccc(-c2nc(NC(=O)c3ccc(CSc4ncn[nH]4)cc3)sc2C)cc1. The van der Waals surface area contributed by atoms with Gasteiger partial charge >= 0.3 is 0 Å². The standard InChI is InChI=1S/C23H23N5OS2/c1-3-4-16-5-9-18(10-6-16)20-15(2)31-23(26-20)27-21(29)19-11-7-17(8-12-19)13-30-22-24-14-25-28-22/h5-12,14H,3-4,13H2,1-2H3,(H,24,25,28)(H,26,27,29). The second-order valence-corrected chi connectivity index (χ2v) is 9.27. The molecule has 4 rings (SSSR count). The molecule has 0 saturated heterocycles. The molecule has 0 aliphatic rings. The normalized spacial score (nSPS) is 10.9. The highest BCUT2D eigenvalue weighted by atomic mass is 32.2. The molecule has 0 atom stereocenters. The third-order valence-electron chi connectivity index (χ3n) is 4.77. The van der Waals surface area contributed by atoms with E-state index in [-0.39, 0.29) is 5.91 Å². The van der Waals surface area contributed by atoms with Gasteiger partial charge in [0.2, 0.25) is 0 Å². The van der Waals surface area contributed by atoms with Crippen LogP contribution in [0.2, 0.25) is 0 Å². The fourth-order valence-corrected chi connectivity index (χ4v) is 4.74. The minimum absolute atomic E-state index is 0.159. The quantitative estimate of drug-likeness (QED) is 0.335. The number of hydrogen-bond donors (Lipinski definition) is 2. The Morgan fingerprint density at radius 3 is 2.52 bits per heavy atom. The van der Waals surface area contributed by atoms with E-state index in [1.807, 2.05) is 31.2 Å². The van der Waals surface area contributed by atoms with Crippen LogP contribution >= 0.6 is 23.1 Å². The first-order valence-electron chi connectivity index (χ1n) is 10.1. The predicted octanol–water partition coefficient (Wildman–Crippen LogP) is 5.73. The molecule has 0 aliphatic carbocycles. The van der Waals surface area contributed by atoms with E-state index in [4.69, 9.17) is 0 Å². The summed E-state index contributed by atoms with van der Waals surface area (Å²) < 4.78 is 0. The van der Waals surface area contributed by atoms with Gasteiger partial charge in [-0.15, -0.1) is 11.3 Å². The van der Waals surface area contributed by atoms with Gasteiger partial charge in [0.1, 0.15) is 6.33 Å².